The highest BCUT2D eigenvalue weighted by Crippen LogP contribution is 2.34. The summed E-state index contributed by atoms with van der Waals surface area (Å²) in [5, 5.41) is 3.54. The van der Waals surface area contributed by atoms with Crippen molar-refractivity contribution in [2.45, 2.75) is 38.8 Å². The maximum absolute atomic E-state index is 13.1. The van der Waals surface area contributed by atoms with E-state index in [9.17, 15) is 9.59 Å². The fourth-order valence-electron chi connectivity index (χ4n) is 4.59. The van der Waals surface area contributed by atoms with Gasteiger partial charge in [-0.25, -0.2) is 4.79 Å². The SMILES string of the molecule is C=CCN1C(=O)C2C(NC3N(c4ccc(C)cc4C)CCCN23)N(C)C1=O. The predicted molar refractivity (Wildman–Crippen MR) is 104 cm³/mol. The van der Waals surface area contributed by atoms with Crippen molar-refractivity contribution < 1.29 is 9.59 Å². The number of urea groups is 1. The van der Waals surface area contributed by atoms with E-state index < -0.39 is 0 Å². The molecule has 1 aromatic rings. The second kappa shape index (κ2) is 6.65. The lowest BCUT2D eigenvalue weighted by Crippen LogP contribution is -2.66. The third-order valence-electron chi connectivity index (χ3n) is 5.84. The lowest BCUT2D eigenvalue weighted by molar-refractivity contribution is -0.138. The van der Waals surface area contributed by atoms with Crippen molar-refractivity contribution in [3.05, 3.63) is 42.0 Å². The van der Waals surface area contributed by atoms with E-state index in [1.807, 2.05) is 0 Å². The molecule has 144 valence electrons. The molecular weight excluding hydrogens is 342 g/mol. The van der Waals surface area contributed by atoms with Gasteiger partial charge < -0.3 is 9.80 Å². The summed E-state index contributed by atoms with van der Waals surface area (Å²) >= 11 is 0. The molecule has 3 aliphatic rings. The number of nitrogens with one attached hydrogen (secondary N) is 1. The Labute approximate surface area is 160 Å². The number of fused-ring (bicyclic) bond motifs is 3. The van der Waals surface area contributed by atoms with Crippen LogP contribution in [-0.4, -0.2) is 71.8 Å². The number of carbonyl (C=O) groups is 2. The van der Waals surface area contributed by atoms with Gasteiger partial charge in [-0.3, -0.25) is 19.9 Å². The van der Waals surface area contributed by atoms with Crippen LogP contribution in [-0.2, 0) is 4.79 Å². The lowest BCUT2D eigenvalue weighted by atomic mass is 10.1. The van der Waals surface area contributed by atoms with Gasteiger partial charge in [0.25, 0.3) is 5.91 Å². The molecule has 0 saturated carbocycles. The molecular formula is C20H27N5O2. The minimum atomic E-state index is -0.369. The second-order valence-corrected chi connectivity index (χ2v) is 7.64. The van der Waals surface area contributed by atoms with E-state index in [2.05, 4.69) is 53.7 Å². The topological polar surface area (TPSA) is 59.1 Å². The number of benzene rings is 1. The average Bonchev–Trinajstić information content (AvgIpc) is 3.04. The zero-order chi connectivity index (χ0) is 19.3. The Hall–Kier alpha value is -2.38. The Morgan fingerprint density at radius 3 is 2.74 bits per heavy atom. The largest absolute Gasteiger partial charge is 0.343 e. The van der Waals surface area contributed by atoms with Crippen LogP contribution in [0, 0.1) is 13.8 Å². The Morgan fingerprint density at radius 1 is 1.26 bits per heavy atom. The molecule has 3 unspecified atom stereocenters. The number of amides is 3. The number of aryl methyl sites for hydroxylation is 2. The zero-order valence-electron chi connectivity index (χ0n) is 16.2. The third kappa shape index (κ3) is 2.73. The summed E-state index contributed by atoms with van der Waals surface area (Å²) in [7, 11) is 1.76. The van der Waals surface area contributed by atoms with Crippen LogP contribution >= 0.6 is 0 Å². The molecule has 3 amide bonds. The van der Waals surface area contributed by atoms with Crippen molar-refractivity contribution >= 4 is 17.6 Å². The van der Waals surface area contributed by atoms with E-state index in [-0.39, 0.29) is 37.0 Å². The second-order valence-electron chi connectivity index (χ2n) is 7.64. The summed E-state index contributed by atoms with van der Waals surface area (Å²) < 4.78 is 0. The van der Waals surface area contributed by atoms with Gasteiger partial charge in [0, 0.05) is 32.4 Å². The number of anilines is 1. The molecule has 0 radical (unpaired) electrons. The number of carbonyl (C=O) groups excluding carboxylic acids is 2. The van der Waals surface area contributed by atoms with Gasteiger partial charge in [-0.15, -0.1) is 6.58 Å². The fourth-order valence-corrected chi connectivity index (χ4v) is 4.59. The van der Waals surface area contributed by atoms with Gasteiger partial charge in [-0.05, 0) is 31.9 Å². The highest BCUT2D eigenvalue weighted by molar-refractivity contribution is 6.00. The van der Waals surface area contributed by atoms with E-state index in [0.29, 0.717) is 0 Å². The molecule has 3 heterocycles. The van der Waals surface area contributed by atoms with Crippen molar-refractivity contribution in [3.8, 4) is 0 Å². The van der Waals surface area contributed by atoms with Crippen LogP contribution in [0.1, 0.15) is 17.5 Å². The van der Waals surface area contributed by atoms with Gasteiger partial charge in [0.2, 0.25) is 0 Å². The van der Waals surface area contributed by atoms with Crippen molar-refractivity contribution in [2.75, 3.05) is 31.6 Å². The van der Waals surface area contributed by atoms with Gasteiger partial charge in [-0.1, -0.05) is 23.8 Å². The molecule has 27 heavy (non-hydrogen) atoms. The molecule has 0 bridgehead atoms. The number of rotatable bonds is 3. The van der Waals surface area contributed by atoms with Gasteiger partial charge >= 0.3 is 6.03 Å². The molecule has 7 heteroatoms. The van der Waals surface area contributed by atoms with Crippen LogP contribution in [0.5, 0.6) is 0 Å². The Morgan fingerprint density at radius 2 is 2.04 bits per heavy atom. The summed E-state index contributed by atoms with van der Waals surface area (Å²) in [4.78, 5) is 33.2. The van der Waals surface area contributed by atoms with Crippen molar-refractivity contribution in [1.29, 1.82) is 0 Å². The van der Waals surface area contributed by atoms with Gasteiger partial charge in [0.05, 0.1) is 0 Å². The Balaban J connectivity index is 1.68. The van der Waals surface area contributed by atoms with Crippen LogP contribution in [0.25, 0.3) is 0 Å². The van der Waals surface area contributed by atoms with Gasteiger partial charge in [-0.2, -0.15) is 0 Å². The highest BCUT2D eigenvalue weighted by atomic mass is 16.2. The molecule has 3 aliphatic heterocycles. The number of hydrogen-bond donors (Lipinski definition) is 1. The fraction of sp³-hybridized carbons (Fsp3) is 0.500. The normalized spacial score (nSPS) is 28.4. The Bertz CT molecular complexity index is 795. The first-order valence-electron chi connectivity index (χ1n) is 9.49. The van der Waals surface area contributed by atoms with Crippen LogP contribution in [0.15, 0.2) is 30.9 Å². The van der Waals surface area contributed by atoms with Gasteiger partial charge in [0.15, 0.2) is 0 Å². The van der Waals surface area contributed by atoms with E-state index in [4.69, 9.17) is 0 Å². The van der Waals surface area contributed by atoms with E-state index in [1.165, 1.54) is 21.7 Å². The molecule has 1 N–H and O–H groups in total. The first-order chi connectivity index (χ1) is 12.9. The summed E-state index contributed by atoms with van der Waals surface area (Å²) in [5.41, 5.74) is 3.63. The summed E-state index contributed by atoms with van der Waals surface area (Å²) in [5.74, 6) is -0.138. The van der Waals surface area contributed by atoms with Crippen molar-refractivity contribution in [3.63, 3.8) is 0 Å². The highest BCUT2D eigenvalue weighted by Gasteiger charge is 2.55. The lowest BCUT2D eigenvalue weighted by Gasteiger charge is -2.44. The van der Waals surface area contributed by atoms with E-state index >= 15 is 0 Å². The Kier molecular flexibility index (Phi) is 4.44. The van der Waals surface area contributed by atoms with E-state index in [0.717, 1.165) is 19.5 Å². The molecule has 1 aromatic carbocycles. The first-order valence-corrected chi connectivity index (χ1v) is 9.49. The van der Waals surface area contributed by atoms with Crippen LogP contribution in [0.3, 0.4) is 0 Å². The molecule has 3 saturated heterocycles. The minimum Gasteiger partial charge on any atom is -0.343 e. The first kappa shape index (κ1) is 18.0. The summed E-state index contributed by atoms with van der Waals surface area (Å²) in [6, 6.07) is 5.81. The van der Waals surface area contributed by atoms with Crippen LogP contribution in [0.4, 0.5) is 10.5 Å². The molecule has 3 atom stereocenters. The number of nitrogens with zero attached hydrogens (tertiary/aromatic N) is 4. The molecule has 3 fully saturated rings. The zero-order valence-corrected chi connectivity index (χ0v) is 16.2. The quantitative estimate of drug-likeness (QED) is 0.818. The van der Waals surface area contributed by atoms with Crippen LogP contribution in [0.2, 0.25) is 0 Å². The van der Waals surface area contributed by atoms with Gasteiger partial charge in [0.1, 0.15) is 18.5 Å². The number of imide groups is 1. The van der Waals surface area contributed by atoms with Crippen molar-refractivity contribution in [1.82, 2.24) is 20.0 Å². The molecule has 0 aliphatic carbocycles. The molecule has 4 rings (SSSR count). The van der Waals surface area contributed by atoms with Crippen molar-refractivity contribution in [2.24, 2.45) is 0 Å². The van der Waals surface area contributed by atoms with E-state index in [1.54, 1.807) is 18.0 Å². The predicted octanol–water partition coefficient (Wildman–Crippen LogP) is 1.48. The maximum atomic E-state index is 13.1. The summed E-state index contributed by atoms with van der Waals surface area (Å²) in [6.45, 7) is 9.88. The third-order valence-corrected chi connectivity index (χ3v) is 5.84. The molecule has 0 spiro atoms. The smallest absolute Gasteiger partial charge is 0.328 e. The summed E-state index contributed by atoms with van der Waals surface area (Å²) in [6.07, 6.45) is 2.16. The maximum Gasteiger partial charge on any atom is 0.328 e. The number of hydrogen-bond acceptors (Lipinski definition) is 5. The monoisotopic (exact) mass is 369 g/mol. The average molecular weight is 369 g/mol. The minimum absolute atomic E-state index is 0.0990. The standard InChI is InChI=1S/C20H27N5O2/c1-5-9-25-18(26)16-17(22(4)20(25)27)21-19-23(10-6-11-24(16)19)15-8-7-13(2)12-14(15)3/h5,7-8,12,16-17,19,21H,1,6,9-11H2,2-4H3. The number of likely N-dealkylation sites (N-methyl/N-ethyl adjacent to an activating group) is 1. The molecule has 0 aromatic heterocycles. The van der Waals surface area contributed by atoms with Crippen LogP contribution < -0.4 is 10.2 Å². The molecule has 7 nitrogen and oxygen atoms in total.